The monoisotopic (exact) mass is 528 g/mol. The number of ketones is 1. The Morgan fingerprint density at radius 3 is 2.59 bits per heavy atom. The molecule has 0 saturated carbocycles. The van der Waals surface area contributed by atoms with Gasteiger partial charge in [-0.1, -0.05) is 46.3 Å². The minimum Gasteiger partial charge on any atom is -0.497 e. The van der Waals surface area contributed by atoms with Crippen molar-refractivity contribution < 1.29 is 34.0 Å². The first kappa shape index (κ1) is 24.2. The quantitative estimate of drug-likeness (QED) is 0.422. The van der Waals surface area contributed by atoms with Crippen LogP contribution in [0.25, 0.3) is 0 Å². The van der Waals surface area contributed by atoms with Crippen molar-refractivity contribution in [3.05, 3.63) is 87.9 Å². The topological polar surface area (TPSA) is 94.5 Å². The van der Waals surface area contributed by atoms with Crippen molar-refractivity contribution in [1.82, 2.24) is 0 Å². The van der Waals surface area contributed by atoms with Gasteiger partial charge in [0.1, 0.15) is 23.9 Å². The minimum absolute atomic E-state index is 0.145. The van der Waals surface area contributed by atoms with E-state index >= 15 is 0 Å². The van der Waals surface area contributed by atoms with Crippen molar-refractivity contribution in [2.45, 2.75) is 31.5 Å². The van der Waals surface area contributed by atoms with Crippen LogP contribution >= 0.6 is 15.9 Å². The van der Waals surface area contributed by atoms with Gasteiger partial charge < -0.3 is 29.2 Å². The maximum Gasteiger partial charge on any atom is 0.206 e. The van der Waals surface area contributed by atoms with Crippen molar-refractivity contribution in [1.29, 1.82) is 0 Å². The molecule has 2 N–H and O–H groups in total. The Morgan fingerprint density at radius 2 is 1.88 bits per heavy atom. The Hall–Kier alpha value is -2.91. The number of aliphatic hydroxyl groups excluding tert-OH is 1. The molecule has 178 valence electrons. The van der Waals surface area contributed by atoms with Crippen LogP contribution in [0.5, 0.6) is 17.2 Å². The van der Waals surface area contributed by atoms with E-state index in [0.717, 1.165) is 5.56 Å². The number of ether oxygens (including phenoxy) is 4. The molecule has 0 aromatic heterocycles. The number of halogens is 1. The van der Waals surface area contributed by atoms with E-state index in [0.29, 0.717) is 10.2 Å². The fraction of sp³-hybridized carbons (Fsp3) is 0.269. The second-order valence-electron chi connectivity index (χ2n) is 7.76. The van der Waals surface area contributed by atoms with Crippen LogP contribution in [0, 0.1) is 0 Å². The summed E-state index contributed by atoms with van der Waals surface area (Å²) in [4.78, 5) is 13.8. The number of carbonyl (C=O) groups excluding carboxylic acids is 1. The van der Waals surface area contributed by atoms with Gasteiger partial charge >= 0.3 is 0 Å². The Morgan fingerprint density at radius 1 is 1.12 bits per heavy atom. The molecule has 0 saturated heterocycles. The van der Waals surface area contributed by atoms with Crippen LogP contribution in [0.15, 0.2) is 71.2 Å². The highest BCUT2D eigenvalue weighted by Crippen LogP contribution is 2.45. The summed E-state index contributed by atoms with van der Waals surface area (Å²) in [6.07, 6.45) is -3.06. The van der Waals surface area contributed by atoms with Gasteiger partial charge in [0.2, 0.25) is 5.78 Å². The highest BCUT2D eigenvalue weighted by Gasteiger charge is 2.56. The zero-order chi connectivity index (χ0) is 24.3. The molecule has 3 aromatic carbocycles. The number of benzene rings is 3. The van der Waals surface area contributed by atoms with E-state index in [1.165, 1.54) is 19.2 Å². The van der Waals surface area contributed by atoms with Gasteiger partial charge in [0, 0.05) is 22.7 Å². The average Bonchev–Trinajstić information content (AvgIpc) is 2.85. The number of fused-ring (bicyclic) bond motifs is 1. The summed E-state index contributed by atoms with van der Waals surface area (Å²) in [6.45, 7) is 2.05. The molecule has 0 radical (unpaired) electrons. The molecule has 7 nitrogen and oxygen atoms in total. The lowest BCUT2D eigenvalue weighted by atomic mass is 9.78. The second kappa shape index (κ2) is 10.1. The number of methoxy groups -OCH3 is 1. The van der Waals surface area contributed by atoms with Crippen molar-refractivity contribution in [2.24, 2.45) is 0 Å². The molecule has 34 heavy (non-hydrogen) atoms. The molecule has 0 fully saturated rings. The fourth-order valence-corrected chi connectivity index (χ4v) is 4.29. The van der Waals surface area contributed by atoms with Gasteiger partial charge in [-0.25, -0.2) is 0 Å². The van der Waals surface area contributed by atoms with Crippen LogP contribution < -0.4 is 14.2 Å². The molecule has 0 aliphatic carbocycles. The maximum atomic E-state index is 13.8. The molecule has 4 rings (SSSR count). The Bertz CT molecular complexity index is 1170. The summed E-state index contributed by atoms with van der Waals surface area (Å²) in [5.74, 6) is 0.274. The third-order valence-corrected chi connectivity index (χ3v) is 6.12. The van der Waals surface area contributed by atoms with Gasteiger partial charge in [-0.15, -0.1) is 0 Å². The second-order valence-corrected chi connectivity index (χ2v) is 8.67. The first-order chi connectivity index (χ1) is 16.4. The number of hydrogen-bond acceptors (Lipinski definition) is 7. The molecule has 0 bridgehead atoms. The number of rotatable bonds is 8. The van der Waals surface area contributed by atoms with Crippen LogP contribution in [0.3, 0.4) is 0 Å². The van der Waals surface area contributed by atoms with Gasteiger partial charge in [-0.2, -0.15) is 0 Å². The van der Waals surface area contributed by atoms with Crippen molar-refractivity contribution in [2.75, 3.05) is 13.7 Å². The number of hydrogen-bond donors (Lipinski definition) is 2. The molecule has 0 amide bonds. The number of carbonyl (C=O) groups is 1. The van der Waals surface area contributed by atoms with Gasteiger partial charge in [-0.3, -0.25) is 4.79 Å². The fourth-order valence-electron chi connectivity index (χ4n) is 3.93. The van der Waals surface area contributed by atoms with Crippen LogP contribution in [-0.4, -0.2) is 42.1 Å². The lowest BCUT2D eigenvalue weighted by molar-refractivity contribution is -0.199. The Kier molecular flexibility index (Phi) is 7.23. The molecule has 3 aromatic rings. The molecule has 3 atom stereocenters. The van der Waals surface area contributed by atoms with Gasteiger partial charge in [0.05, 0.1) is 12.7 Å². The van der Waals surface area contributed by atoms with E-state index in [2.05, 4.69) is 15.9 Å². The van der Waals surface area contributed by atoms with Crippen molar-refractivity contribution >= 4 is 21.7 Å². The highest BCUT2D eigenvalue weighted by molar-refractivity contribution is 9.10. The summed E-state index contributed by atoms with van der Waals surface area (Å²) in [6, 6.07) is 19.2. The third kappa shape index (κ3) is 4.54. The van der Waals surface area contributed by atoms with Crippen molar-refractivity contribution in [3.8, 4) is 17.2 Å². The van der Waals surface area contributed by atoms with E-state index in [1.54, 1.807) is 31.2 Å². The lowest BCUT2D eigenvalue weighted by Crippen LogP contribution is -2.58. The van der Waals surface area contributed by atoms with Crippen molar-refractivity contribution in [3.63, 3.8) is 0 Å². The van der Waals surface area contributed by atoms with E-state index in [4.69, 9.17) is 18.9 Å². The largest absolute Gasteiger partial charge is 0.497 e. The first-order valence-electron chi connectivity index (χ1n) is 10.8. The predicted octanol–water partition coefficient (Wildman–Crippen LogP) is 4.22. The molecule has 1 heterocycles. The highest BCUT2D eigenvalue weighted by atomic mass is 79.9. The molecular formula is C26H25BrO7. The summed E-state index contributed by atoms with van der Waals surface area (Å²) in [7, 11) is 1.49. The van der Waals surface area contributed by atoms with Crippen LogP contribution in [0.1, 0.15) is 28.4 Å². The van der Waals surface area contributed by atoms with E-state index < -0.39 is 23.8 Å². The zero-order valence-corrected chi connectivity index (χ0v) is 20.3. The van der Waals surface area contributed by atoms with Crippen LogP contribution in [0.4, 0.5) is 0 Å². The molecular weight excluding hydrogens is 504 g/mol. The number of Topliss-reactive ketones (excluding diaryl/α,β-unsaturated/α-hetero) is 1. The predicted molar refractivity (Wildman–Crippen MR) is 128 cm³/mol. The maximum absolute atomic E-state index is 13.8. The zero-order valence-electron chi connectivity index (χ0n) is 18.7. The molecule has 1 aliphatic heterocycles. The average molecular weight is 529 g/mol. The Labute approximate surface area is 206 Å². The van der Waals surface area contributed by atoms with E-state index in [1.807, 2.05) is 30.3 Å². The smallest absolute Gasteiger partial charge is 0.206 e. The third-order valence-electron chi connectivity index (χ3n) is 5.63. The van der Waals surface area contributed by atoms with Crippen LogP contribution in [0.2, 0.25) is 0 Å². The first-order valence-corrected chi connectivity index (χ1v) is 11.6. The SMILES string of the molecule is CCOC(O)[C@H]1Oc2cc(OC)ccc2C(=O)[C@@]1(O)c1cc(Br)ccc1OCc1ccccc1. The molecule has 1 unspecified atom stereocenters. The minimum atomic E-state index is -2.30. The summed E-state index contributed by atoms with van der Waals surface area (Å²) in [5.41, 5.74) is -1.09. The summed E-state index contributed by atoms with van der Waals surface area (Å²) in [5, 5.41) is 22.8. The molecule has 1 aliphatic rings. The van der Waals surface area contributed by atoms with E-state index in [9.17, 15) is 15.0 Å². The summed E-state index contributed by atoms with van der Waals surface area (Å²) < 4.78 is 23.2. The van der Waals surface area contributed by atoms with Gasteiger partial charge in [0.15, 0.2) is 18.0 Å². The van der Waals surface area contributed by atoms with Crippen LogP contribution in [-0.2, 0) is 16.9 Å². The molecule has 8 heteroatoms. The normalized spacial score (nSPS) is 20.3. The van der Waals surface area contributed by atoms with Gasteiger partial charge in [-0.05, 0) is 42.8 Å². The van der Waals surface area contributed by atoms with Gasteiger partial charge in [0.25, 0.3) is 0 Å². The summed E-state index contributed by atoms with van der Waals surface area (Å²) >= 11 is 3.41. The lowest BCUT2D eigenvalue weighted by Gasteiger charge is -2.41. The standard InChI is InChI=1S/C26H25BrO7/c1-3-32-25(29)24-26(30,23(28)19-11-10-18(31-2)14-22(19)34-24)20-13-17(27)9-12-21(20)33-15-16-7-5-4-6-8-16/h4-14,24-25,29-30H,3,15H2,1-2H3/t24-,25?,26+/m1/s1. The molecule has 0 spiro atoms. The van der Waals surface area contributed by atoms with E-state index in [-0.39, 0.29) is 35.8 Å². The Balaban J connectivity index is 1.82. The number of aliphatic hydroxyl groups is 2.